The Morgan fingerprint density at radius 2 is 1.83 bits per heavy atom. The molecule has 164 valence electrons. The zero-order valence-corrected chi connectivity index (χ0v) is 19.5. The molecule has 1 N–H and O–H groups in total. The van der Waals surface area contributed by atoms with Gasteiger partial charge in [0.2, 0.25) is 0 Å². The van der Waals surface area contributed by atoms with Crippen LogP contribution >= 0.6 is 0 Å². The van der Waals surface area contributed by atoms with E-state index in [2.05, 4.69) is 60.1 Å². The van der Waals surface area contributed by atoms with Crippen LogP contribution in [0.1, 0.15) is 46.1 Å². The summed E-state index contributed by atoms with van der Waals surface area (Å²) in [6.07, 6.45) is 4.56. The summed E-state index contributed by atoms with van der Waals surface area (Å²) < 4.78 is 1.86. The molecule has 2 aliphatic rings. The molecule has 4 atom stereocenters. The first-order chi connectivity index (χ1) is 14.2. The van der Waals surface area contributed by atoms with Gasteiger partial charge in [0.25, 0.3) is 0 Å². The minimum absolute atomic E-state index is 0.399. The maximum absolute atomic E-state index is 4.42. The highest BCUT2D eigenvalue weighted by Crippen LogP contribution is 2.42. The van der Waals surface area contributed by atoms with Gasteiger partial charge in [-0.15, -0.1) is 10.2 Å². The van der Waals surface area contributed by atoms with Gasteiger partial charge in [-0.1, -0.05) is 27.7 Å². The van der Waals surface area contributed by atoms with Gasteiger partial charge >= 0.3 is 0 Å². The fourth-order valence-electron chi connectivity index (χ4n) is 5.22. The number of nitrogens with one attached hydrogen (secondary N) is 1. The number of nitrogens with zero attached hydrogens (tertiary/aromatic N) is 5. The molecule has 2 aromatic heterocycles. The van der Waals surface area contributed by atoms with E-state index < -0.39 is 0 Å². The lowest BCUT2D eigenvalue weighted by Gasteiger charge is -2.31. The molecule has 3 unspecified atom stereocenters. The second kappa shape index (κ2) is 8.29. The molecule has 4 rings (SSSR count). The van der Waals surface area contributed by atoms with Crippen molar-refractivity contribution in [2.75, 3.05) is 31.5 Å². The minimum Gasteiger partial charge on any atom is -0.368 e. The average Bonchev–Trinajstić information content (AvgIpc) is 3.33. The number of anilines is 1. The van der Waals surface area contributed by atoms with Crippen LogP contribution in [-0.2, 0) is 7.05 Å². The third-order valence-electron chi connectivity index (χ3n) is 7.54. The Morgan fingerprint density at radius 3 is 2.37 bits per heavy atom. The van der Waals surface area contributed by atoms with Crippen LogP contribution in [0.4, 0.5) is 5.82 Å². The summed E-state index contributed by atoms with van der Waals surface area (Å²) in [6, 6.07) is 4.08. The van der Waals surface area contributed by atoms with Crippen molar-refractivity contribution < 1.29 is 0 Å². The molecule has 30 heavy (non-hydrogen) atoms. The Bertz CT molecular complexity index is 816. The van der Waals surface area contributed by atoms with E-state index in [1.807, 2.05) is 30.1 Å². The summed E-state index contributed by atoms with van der Waals surface area (Å²) in [5, 5.41) is 16.7. The predicted octanol–water partition coefficient (Wildman–Crippen LogP) is 4.24. The standard InChI is InChI=1S/C24H38N6/c1-16-11-26-29(6)23(16)21-7-8-22(28-27-21)25-12-18-9-19-14-30(15-20(19)10-18)13-17(2)24(3,4)5/h7-8,11,17-20H,9-10,12-15H2,1-6H3,(H,25,28)/t17?,18?,19-,20?/m0/s1. The van der Waals surface area contributed by atoms with Crippen LogP contribution in [0.5, 0.6) is 0 Å². The Balaban J connectivity index is 1.25. The lowest BCUT2D eigenvalue weighted by molar-refractivity contribution is 0.173. The summed E-state index contributed by atoms with van der Waals surface area (Å²) in [5.74, 6) is 4.13. The molecule has 0 amide bonds. The Morgan fingerprint density at radius 1 is 1.13 bits per heavy atom. The molecule has 0 bridgehead atoms. The lowest BCUT2D eigenvalue weighted by Crippen LogP contribution is -2.33. The Labute approximate surface area is 181 Å². The van der Waals surface area contributed by atoms with Crippen LogP contribution in [0, 0.1) is 36.0 Å². The molecule has 0 aromatic carbocycles. The van der Waals surface area contributed by atoms with Gasteiger partial charge in [-0.2, -0.15) is 5.10 Å². The molecular weight excluding hydrogens is 372 g/mol. The maximum atomic E-state index is 4.42. The van der Waals surface area contributed by atoms with Gasteiger partial charge in [-0.3, -0.25) is 4.68 Å². The average molecular weight is 411 g/mol. The van der Waals surface area contributed by atoms with Crippen molar-refractivity contribution in [3.05, 3.63) is 23.9 Å². The zero-order chi connectivity index (χ0) is 21.5. The van der Waals surface area contributed by atoms with Crippen LogP contribution in [0.25, 0.3) is 11.4 Å². The zero-order valence-electron chi connectivity index (χ0n) is 19.5. The molecular formula is C24H38N6. The lowest BCUT2D eigenvalue weighted by atomic mass is 9.82. The molecule has 6 nitrogen and oxygen atoms in total. The maximum Gasteiger partial charge on any atom is 0.148 e. The molecule has 1 saturated heterocycles. The predicted molar refractivity (Wildman–Crippen MR) is 122 cm³/mol. The van der Waals surface area contributed by atoms with Gasteiger partial charge in [-0.05, 0) is 66.5 Å². The van der Waals surface area contributed by atoms with E-state index in [0.29, 0.717) is 5.41 Å². The Kier molecular flexibility index (Phi) is 5.88. The van der Waals surface area contributed by atoms with E-state index in [0.717, 1.165) is 53.0 Å². The van der Waals surface area contributed by atoms with Crippen LogP contribution < -0.4 is 5.32 Å². The SMILES string of the molecule is Cc1cnn(C)c1-c1ccc(NCC2CC3CN(CC(C)C(C)(C)C)C[C@@H]3C2)nn1. The van der Waals surface area contributed by atoms with Crippen molar-refractivity contribution in [3.63, 3.8) is 0 Å². The molecule has 0 radical (unpaired) electrons. The second-order valence-electron chi connectivity index (χ2n) is 10.8. The summed E-state index contributed by atoms with van der Waals surface area (Å²) in [6.45, 7) is 16.4. The topological polar surface area (TPSA) is 58.9 Å². The molecule has 1 aliphatic heterocycles. The first-order valence-electron chi connectivity index (χ1n) is 11.5. The quantitative estimate of drug-likeness (QED) is 0.772. The fourth-order valence-corrected chi connectivity index (χ4v) is 5.22. The van der Waals surface area contributed by atoms with Crippen molar-refractivity contribution in [1.29, 1.82) is 0 Å². The molecule has 3 heterocycles. The normalized spacial score (nSPS) is 25.5. The van der Waals surface area contributed by atoms with Gasteiger partial charge in [0, 0.05) is 33.2 Å². The third-order valence-corrected chi connectivity index (χ3v) is 7.54. The number of aromatic nitrogens is 4. The van der Waals surface area contributed by atoms with E-state index in [4.69, 9.17) is 0 Å². The third kappa shape index (κ3) is 4.53. The highest BCUT2D eigenvalue weighted by molar-refractivity contribution is 5.59. The monoisotopic (exact) mass is 410 g/mol. The number of hydrogen-bond acceptors (Lipinski definition) is 5. The van der Waals surface area contributed by atoms with Gasteiger partial charge in [0.05, 0.1) is 11.9 Å². The van der Waals surface area contributed by atoms with E-state index in [1.54, 1.807) is 0 Å². The molecule has 0 spiro atoms. The number of fused-ring (bicyclic) bond motifs is 1. The molecule has 1 saturated carbocycles. The number of likely N-dealkylation sites (tertiary alicyclic amines) is 1. The van der Waals surface area contributed by atoms with Gasteiger partial charge in [-0.25, -0.2) is 0 Å². The van der Waals surface area contributed by atoms with Crippen LogP contribution in [0.3, 0.4) is 0 Å². The van der Waals surface area contributed by atoms with E-state index >= 15 is 0 Å². The highest BCUT2D eigenvalue weighted by Gasteiger charge is 2.41. The summed E-state index contributed by atoms with van der Waals surface area (Å²) in [7, 11) is 1.94. The van der Waals surface area contributed by atoms with Crippen molar-refractivity contribution in [3.8, 4) is 11.4 Å². The van der Waals surface area contributed by atoms with E-state index in [-0.39, 0.29) is 0 Å². The van der Waals surface area contributed by atoms with Crippen LogP contribution in [0.2, 0.25) is 0 Å². The van der Waals surface area contributed by atoms with Gasteiger partial charge in [0.1, 0.15) is 11.5 Å². The van der Waals surface area contributed by atoms with Crippen LogP contribution in [-0.4, -0.2) is 51.1 Å². The van der Waals surface area contributed by atoms with Crippen LogP contribution in [0.15, 0.2) is 18.3 Å². The van der Waals surface area contributed by atoms with E-state index in [9.17, 15) is 0 Å². The van der Waals surface area contributed by atoms with Crippen molar-refractivity contribution >= 4 is 5.82 Å². The van der Waals surface area contributed by atoms with Crippen molar-refractivity contribution in [1.82, 2.24) is 24.9 Å². The number of aryl methyl sites for hydroxylation is 2. The first-order valence-corrected chi connectivity index (χ1v) is 11.5. The van der Waals surface area contributed by atoms with Crippen molar-refractivity contribution in [2.24, 2.45) is 36.1 Å². The van der Waals surface area contributed by atoms with Gasteiger partial charge < -0.3 is 10.2 Å². The molecule has 2 aromatic rings. The second-order valence-corrected chi connectivity index (χ2v) is 10.8. The molecule has 1 aliphatic carbocycles. The summed E-state index contributed by atoms with van der Waals surface area (Å²) in [5.41, 5.74) is 3.42. The summed E-state index contributed by atoms with van der Waals surface area (Å²) >= 11 is 0. The smallest absolute Gasteiger partial charge is 0.148 e. The largest absolute Gasteiger partial charge is 0.368 e. The van der Waals surface area contributed by atoms with Crippen molar-refractivity contribution in [2.45, 2.75) is 47.5 Å². The number of hydrogen-bond donors (Lipinski definition) is 1. The number of rotatable bonds is 6. The van der Waals surface area contributed by atoms with E-state index in [1.165, 1.54) is 32.5 Å². The highest BCUT2D eigenvalue weighted by atomic mass is 15.3. The molecule has 6 heteroatoms. The summed E-state index contributed by atoms with van der Waals surface area (Å²) in [4.78, 5) is 2.72. The first kappa shape index (κ1) is 21.3. The molecule has 2 fully saturated rings. The Hall–Kier alpha value is -1.95. The minimum atomic E-state index is 0.399. The fraction of sp³-hybridized carbons (Fsp3) is 0.708. The van der Waals surface area contributed by atoms with Gasteiger partial charge in [0.15, 0.2) is 0 Å².